The van der Waals surface area contributed by atoms with Gasteiger partial charge in [-0.05, 0) is 37.8 Å². The summed E-state index contributed by atoms with van der Waals surface area (Å²) in [6.07, 6.45) is 18.5. The molecule has 0 bridgehead atoms. The fraction of sp³-hybridized carbons (Fsp3) is 0.810. The molecule has 0 amide bonds. The van der Waals surface area contributed by atoms with Crippen LogP contribution >= 0.6 is 34.8 Å². The Hall–Kier alpha value is 0.310. The average molecular weight is 411 g/mol. The van der Waals surface area contributed by atoms with Gasteiger partial charge in [0.25, 0.3) is 0 Å². The van der Waals surface area contributed by atoms with Crippen LogP contribution in [0.3, 0.4) is 0 Å². The smallest absolute Gasteiger partial charge is 0.0856 e. The van der Waals surface area contributed by atoms with Crippen LogP contribution in [-0.4, -0.2) is 15.6 Å². The largest absolute Gasteiger partial charge is 0.344 e. The second kappa shape index (κ2) is 12.7. The highest BCUT2D eigenvalue weighted by Crippen LogP contribution is 2.47. The zero-order valence-corrected chi connectivity index (χ0v) is 18.7. The molecule has 1 aliphatic rings. The zero-order valence-electron chi connectivity index (χ0n) is 16.5. The van der Waals surface area contributed by atoms with E-state index in [-0.39, 0.29) is 6.15 Å². The van der Waals surface area contributed by atoms with Crippen LogP contribution in [0, 0.1) is 0 Å². The Morgan fingerprint density at radius 1 is 0.840 bits per heavy atom. The lowest BCUT2D eigenvalue weighted by molar-refractivity contribution is 0.531. The Balaban J connectivity index is 0.00000576. The number of allylic oxidation sites excluding steroid dienone is 4. The quantitative estimate of drug-likeness (QED) is 0.254. The van der Waals surface area contributed by atoms with E-state index < -0.39 is 9.75 Å². The van der Waals surface area contributed by atoms with Crippen LogP contribution in [-0.2, 0) is 0 Å². The van der Waals surface area contributed by atoms with Crippen LogP contribution in [0.15, 0.2) is 23.3 Å². The molecule has 3 N–H and O–H groups in total. The van der Waals surface area contributed by atoms with Gasteiger partial charge in [0.1, 0.15) is 0 Å². The van der Waals surface area contributed by atoms with Gasteiger partial charge in [-0.3, -0.25) is 0 Å². The molecule has 0 aliphatic heterocycles. The van der Waals surface area contributed by atoms with Crippen molar-refractivity contribution in [3.63, 3.8) is 0 Å². The standard InChI is InChI=1S/C21H35Cl3.H3N/c1-4-5-6-7-8-9-10-11-12-13-14-19-18(17-22)15-16-20(2,23)21(19,3)24;/h15-16H,4-14,17H2,1-3H3;1H3. The number of rotatable bonds is 12. The third kappa shape index (κ3) is 7.83. The lowest BCUT2D eigenvalue weighted by Crippen LogP contribution is -2.43. The Bertz CT molecular complexity index is 425. The van der Waals surface area contributed by atoms with Crippen molar-refractivity contribution >= 4 is 34.8 Å². The molecule has 0 fully saturated rings. The summed E-state index contributed by atoms with van der Waals surface area (Å²) < 4.78 is 0. The van der Waals surface area contributed by atoms with Crippen molar-refractivity contribution in [1.29, 1.82) is 0 Å². The minimum atomic E-state index is -0.549. The lowest BCUT2D eigenvalue weighted by atomic mass is 9.78. The third-order valence-electron chi connectivity index (χ3n) is 5.39. The van der Waals surface area contributed by atoms with Crippen LogP contribution < -0.4 is 6.15 Å². The highest BCUT2D eigenvalue weighted by molar-refractivity contribution is 6.37. The van der Waals surface area contributed by atoms with Crippen molar-refractivity contribution in [2.24, 2.45) is 0 Å². The fourth-order valence-corrected chi connectivity index (χ4v) is 4.13. The molecule has 2 atom stereocenters. The van der Waals surface area contributed by atoms with E-state index in [9.17, 15) is 0 Å². The van der Waals surface area contributed by atoms with E-state index in [0.717, 1.165) is 12.0 Å². The predicted molar refractivity (Wildman–Crippen MR) is 117 cm³/mol. The van der Waals surface area contributed by atoms with Gasteiger partial charge in [0, 0.05) is 5.88 Å². The SMILES string of the molecule is CCCCCCCCCCCCC1=C(CCl)C=CC(C)(Cl)C1(C)Cl.N. The van der Waals surface area contributed by atoms with Gasteiger partial charge in [0.15, 0.2) is 0 Å². The highest BCUT2D eigenvalue weighted by Gasteiger charge is 2.45. The van der Waals surface area contributed by atoms with Gasteiger partial charge in [0.2, 0.25) is 0 Å². The number of hydrogen-bond donors (Lipinski definition) is 1. The summed E-state index contributed by atoms with van der Waals surface area (Å²) in [5.74, 6) is 0.513. The number of hydrogen-bond acceptors (Lipinski definition) is 1. The second-order valence-corrected chi connectivity index (χ2v) is 9.29. The fourth-order valence-electron chi connectivity index (χ4n) is 3.42. The molecule has 0 aromatic heterocycles. The van der Waals surface area contributed by atoms with Gasteiger partial charge in [0.05, 0.1) is 9.75 Å². The lowest BCUT2D eigenvalue weighted by Gasteiger charge is -2.41. The van der Waals surface area contributed by atoms with Gasteiger partial charge >= 0.3 is 0 Å². The second-order valence-electron chi connectivity index (χ2n) is 7.48. The van der Waals surface area contributed by atoms with Crippen LogP contribution in [0.5, 0.6) is 0 Å². The number of unbranched alkanes of at least 4 members (excludes halogenated alkanes) is 9. The third-order valence-corrected chi connectivity index (χ3v) is 6.90. The predicted octanol–water partition coefficient (Wildman–Crippen LogP) is 8.56. The first-order valence-electron chi connectivity index (χ1n) is 9.72. The van der Waals surface area contributed by atoms with Gasteiger partial charge < -0.3 is 6.15 Å². The first-order chi connectivity index (χ1) is 11.4. The molecule has 0 saturated heterocycles. The summed E-state index contributed by atoms with van der Waals surface area (Å²) in [7, 11) is 0. The van der Waals surface area contributed by atoms with Crippen molar-refractivity contribution in [3.05, 3.63) is 23.3 Å². The summed E-state index contributed by atoms with van der Waals surface area (Å²) in [6, 6.07) is 0. The molecule has 1 aliphatic carbocycles. The minimum absolute atomic E-state index is 0. The van der Waals surface area contributed by atoms with Gasteiger partial charge in [-0.15, -0.1) is 34.8 Å². The van der Waals surface area contributed by atoms with Crippen molar-refractivity contribution in [2.45, 2.75) is 101 Å². The molecule has 1 rings (SSSR count). The van der Waals surface area contributed by atoms with Crippen molar-refractivity contribution < 1.29 is 0 Å². The Morgan fingerprint density at radius 3 is 1.80 bits per heavy atom. The molecule has 0 saturated carbocycles. The Morgan fingerprint density at radius 2 is 1.32 bits per heavy atom. The van der Waals surface area contributed by atoms with Crippen molar-refractivity contribution in [2.75, 3.05) is 5.88 Å². The van der Waals surface area contributed by atoms with E-state index in [1.807, 2.05) is 19.9 Å². The maximum Gasteiger partial charge on any atom is 0.0856 e. The van der Waals surface area contributed by atoms with E-state index in [2.05, 4.69) is 13.0 Å². The number of halogens is 3. The Labute approximate surface area is 171 Å². The van der Waals surface area contributed by atoms with Crippen LogP contribution in [0.4, 0.5) is 0 Å². The van der Waals surface area contributed by atoms with Crippen molar-refractivity contribution in [3.8, 4) is 0 Å². The van der Waals surface area contributed by atoms with Gasteiger partial charge in [-0.25, -0.2) is 0 Å². The summed E-state index contributed by atoms with van der Waals surface area (Å²) in [5.41, 5.74) is 2.39. The number of alkyl halides is 3. The van der Waals surface area contributed by atoms with Crippen molar-refractivity contribution in [1.82, 2.24) is 6.15 Å². The van der Waals surface area contributed by atoms with Gasteiger partial charge in [-0.2, -0.15) is 0 Å². The molecule has 2 unspecified atom stereocenters. The van der Waals surface area contributed by atoms with Crippen LogP contribution in [0.1, 0.15) is 91.4 Å². The molecule has 0 heterocycles. The van der Waals surface area contributed by atoms with E-state index in [1.165, 1.54) is 69.8 Å². The monoisotopic (exact) mass is 409 g/mol. The molecule has 0 radical (unpaired) electrons. The van der Waals surface area contributed by atoms with Crippen LogP contribution in [0.2, 0.25) is 0 Å². The first-order valence-corrected chi connectivity index (χ1v) is 11.0. The molecule has 148 valence electrons. The molecule has 0 spiro atoms. The van der Waals surface area contributed by atoms with Gasteiger partial charge in [-0.1, -0.05) is 76.9 Å². The summed E-state index contributed by atoms with van der Waals surface area (Å²) >= 11 is 19.6. The van der Waals surface area contributed by atoms with E-state index in [1.54, 1.807) is 0 Å². The maximum atomic E-state index is 6.83. The molecule has 1 nitrogen and oxygen atoms in total. The zero-order chi connectivity index (χ0) is 18.1. The molecule has 0 aromatic carbocycles. The van der Waals surface area contributed by atoms with Crippen LogP contribution in [0.25, 0.3) is 0 Å². The molecule has 4 heteroatoms. The topological polar surface area (TPSA) is 35.0 Å². The summed E-state index contributed by atoms with van der Waals surface area (Å²) in [4.78, 5) is -1.09. The van der Waals surface area contributed by atoms with E-state index >= 15 is 0 Å². The normalized spacial score (nSPS) is 26.0. The molecular weight excluding hydrogens is 373 g/mol. The summed E-state index contributed by atoms with van der Waals surface area (Å²) in [6.45, 7) is 6.29. The summed E-state index contributed by atoms with van der Waals surface area (Å²) in [5, 5.41) is 0. The molecular formula is C21H38Cl3N. The highest BCUT2D eigenvalue weighted by atomic mass is 35.5. The average Bonchev–Trinajstić information content (AvgIpc) is 2.53. The van der Waals surface area contributed by atoms with E-state index in [4.69, 9.17) is 34.8 Å². The molecule has 25 heavy (non-hydrogen) atoms. The minimum Gasteiger partial charge on any atom is -0.344 e. The first kappa shape index (κ1) is 25.3. The van der Waals surface area contributed by atoms with E-state index in [0.29, 0.717) is 5.88 Å². The Kier molecular flexibility index (Phi) is 12.8. The molecule has 0 aromatic rings. The maximum absolute atomic E-state index is 6.83.